The van der Waals surface area contributed by atoms with Gasteiger partial charge in [-0.05, 0) is 47.5 Å². The summed E-state index contributed by atoms with van der Waals surface area (Å²) in [7, 11) is 0. The number of aromatic amines is 1. The first-order valence-electron chi connectivity index (χ1n) is 9.61. The highest BCUT2D eigenvalue weighted by Gasteiger charge is 2.11. The van der Waals surface area contributed by atoms with Crippen LogP contribution in [0.2, 0.25) is 5.02 Å². The summed E-state index contributed by atoms with van der Waals surface area (Å²) < 4.78 is 14.8. The first-order valence-corrected chi connectivity index (χ1v) is 9.99. The number of halogens is 2. The molecule has 7 heteroatoms. The van der Waals surface area contributed by atoms with Crippen LogP contribution in [0.3, 0.4) is 0 Å². The zero-order chi connectivity index (χ0) is 21.4. The second-order valence-electron chi connectivity index (χ2n) is 7.20. The largest absolute Gasteiger partial charge is 0.346 e. The number of pyridine rings is 3. The van der Waals surface area contributed by atoms with E-state index in [4.69, 9.17) is 11.6 Å². The summed E-state index contributed by atoms with van der Waals surface area (Å²) in [5.74, 6) is -0.529. The van der Waals surface area contributed by atoms with Gasteiger partial charge in [0, 0.05) is 58.0 Å². The van der Waals surface area contributed by atoms with Gasteiger partial charge in [-0.3, -0.25) is 4.79 Å². The topological polar surface area (TPSA) is 63.6 Å². The smallest absolute Gasteiger partial charge is 0.251 e. The average Bonchev–Trinajstić information content (AvgIpc) is 3.19. The lowest BCUT2D eigenvalue weighted by atomic mass is 10.0. The lowest BCUT2D eigenvalue weighted by Crippen LogP contribution is -2.19. The minimum Gasteiger partial charge on any atom is -0.346 e. The normalized spacial score (nSPS) is 11.2. The van der Waals surface area contributed by atoms with E-state index in [1.54, 1.807) is 35.2 Å². The molecule has 31 heavy (non-hydrogen) atoms. The van der Waals surface area contributed by atoms with E-state index < -0.39 is 5.95 Å². The zero-order valence-corrected chi connectivity index (χ0v) is 17.0. The molecular formula is C24H16ClFN4O. The number of aromatic nitrogens is 4. The number of nitrogens with zero attached hydrogens (tertiary/aromatic N) is 3. The van der Waals surface area contributed by atoms with E-state index >= 15 is 0 Å². The predicted molar refractivity (Wildman–Crippen MR) is 120 cm³/mol. The van der Waals surface area contributed by atoms with Crippen molar-refractivity contribution in [2.75, 3.05) is 0 Å². The second kappa shape index (κ2) is 7.81. The highest BCUT2D eigenvalue weighted by molar-refractivity contribution is 6.30. The third kappa shape index (κ3) is 3.85. The Kier molecular flexibility index (Phi) is 4.84. The molecule has 0 amide bonds. The molecule has 0 spiro atoms. The molecular weight excluding hydrogens is 415 g/mol. The lowest BCUT2D eigenvalue weighted by Gasteiger charge is -2.08. The van der Waals surface area contributed by atoms with Crippen LogP contribution >= 0.6 is 11.6 Å². The van der Waals surface area contributed by atoms with Crippen LogP contribution in [0.1, 0.15) is 5.56 Å². The van der Waals surface area contributed by atoms with Crippen LogP contribution < -0.4 is 5.56 Å². The number of H-pyrrole nitrogens is 1. The Morgan fingerprint density at radius 3 is 2.61 bits per heavy atom. The minimum absolute atomic E-state index is 0.112. The molecule has 0 aliphatic rings. The Bertz CT molecular complexity index is 1460. The maximum absolute atomic E-state index is 13.1. The molecule has 0 bridgehead atoms. The van der Waals surface area contributed by atoms with Crippen molar-refractivity contribution in [3.8, 4) is 22.3 Å². The van der Waals surface area contributed by atoms with Crippen molar-refractivity contribution in [3.63, 3.8) is 0 Å². The average molecular weight is 431 g/mol. The summed E-state index contributed by atoms with van der Waals surface area (Å²) in [5.41, 5.74) is 4.78. The lowest BCUT2D eigenvalue weighted by molar-refractivity contribution is 0.584. The van der Waals surface area contributed by atoms with Crippen molar-refractivity contribution in [3.05, 3.63) is 106 Å². The first-order chi connectivity index (χ1) is 15.1. The van der Waals surface area contributed by atoms with E-state index in [1.165, 1.54) is 12.3 Å². The first kappa shape index (κ1) is 19.2. The van der Waals surface area contributed by atoms with E-state index in [1.807, 2.05) is 36.5 Å². The fourth-order valence-corrected chi connectivity index (χ4v) is 3.80. The van der Waals surface area contributed by atoms with Crippen molar-refractivity contribution in [1.29, 1.82) is 0 Å². The second-order valence-corrected chi connectivity index (χ2v) is 7.64. The Hall–Kier alpha value is -3.77. The monoisotopic (exact) mass is 430 g/mol. The van der Waals surface area contributed by atoms with E-state index in [9.17, 15) is 9.18 Å². The van der Waals surface area contributed by atoms with Crippen molar-refractivity contribution < 1.29 is 4.39 Å². The fourth-order valence-electron chi connectivity index (χ4n) is 3.58. The number of benzene rings is 1. The highest BCUT2D eigenvalue weighted by atomic mass is 35.5. The summed E-state index contributed by atoms with van der Waals surface area (Å²) in [5, 5.41) is 1.51. The van der Waals surface area contributed by atoms with Crippen LogP contribution in [0.15, 0.2) is 84.2 Å². The predicted octanol–water partition coefficient (Wildman–Crippen LogP) is 5.29. The van der Waals surface area contributed by atoms with Gasteiger partial charge in [-0.1, -0.05) is 23.7 Å². The van der Waals surface area contributed by atoms with Gasteiger partial charge in [0.25, 0.3) is 5.56 Å². The summed E-state index contributed by atoms with van der Waals surface area (Å²) in [6.07, 6.45) is 6.79. The maximum atomic E-state index is 13.1. The summed E-state index contributed by atoms with van der Waals surface area (Å²) >= 11 is 6.04. The Morgan fingerprint density at radius 2 is 1.84 bits per heavy atom. The molecule has 4 heterocycles. The maximum Gasteiger partial charge on any atom is 0.251 e. The molecule has 5 nitrogen and oxygen atoms in total. The molecule has 0 saturated carbocycles. The molecule has 1 aromatic carbocycles. The van der Waals surface area contributed by atoms with Crippen molar-refractivity contribution in [2.24, 2.45) is 0 Å². The Morgan fingerprint density at radius 1 is 0.968 bits per heavy atom. The van der Waals surface area contributed by atoms with Gasteiger partial charge < -0.3 is 9.55 Å². The van der Waals surface area contributed by atoms with E-state index in [2.05, 4.69) is 15.0 Å². The molecule has 5 rings (SSSR count). The van der Waals surface area contributed by atoms with Crippen LogP contribution in [0.5, 0.6) is 0 Å². The van der Waals surface area contributed by atoms with Crippen molar-refractivity contribution >= 4 is 22.6 Å². The van der Waals surface area contributed by atoms with Gasteiger partial charge in [0.15, 0.2) is 0 Å². The summed E-state index contributed by atoms with van der Waals surface area (Å²) in [6, 6.07) is 15.9. The van der Waals surface area contributed by atoms with Crippen LogP contribution in [-0.2, 0) is 6.54 Å². The third-order valence-corrected chi connectivity index (χ3v) is 5.38. The molecule has 1 N–H and O–H groups in total. The van der Waals surface area contributed by atoms with Gasteiger partial charge in [0.05, 0.1) is 6.54 Å². The number of nitrogens with one attached hydrogen (secondary N) is 1. The van der Waals surface area contributed by atoms with Gasteiger partial charge in [0.2, 0.25) is 5.95 Å². The molecule has 0 radical (unpaired) electrons. The number of rotatable bonds is 4. The van der Waals surface area contributed by atoms with E-state index in [0.717, 1.165) is 33.2 Å². The van der Waals surface area contributed by atoms with Gasteiger partial charge in [0.1, 0.15) is 5.65 Å². The fraction of sp³-hybridized carbons (Fsp3) is 0.0417. The molecule has 5 aromatic rings. The Balaban J connectivity index is 1.51. The summed E-state index contributed by atoms with van der Waals surface area (Å²) in [6.45, 7) is 0.441. The number of fused-ring (bicyclic) bond motifs is 1. The van der Waals surface area contributed by atoms with Gasteiger partial charge in [-0.2, -0.15) is 4.39 Å². The molecule has 0 aliphatic carbocycles. The van der Waals surface area contributed by atoms with E-state index in [-0.39, 0.29) is 5.56 Å². The molecule has 0 saturated heterocycles. The van der Waals surface area contributed by atoms with Crippen molar-refractivity contribution in [2.45, 2.75) is 6.54 Å². The Labute approximate surface area is 181 Å². The zero-order valence-electron chi connectivity index (χ0n) is 16.2. The number of hydrogen-bond donors (Lipinski definition) is 1. The molecule has 0 unspecified atom stereocenters. The van der Waals surface area contributed by atoms with Crippen LogP contribution in [-0.4, -0.2) is 19.5 Å². The SMILES string of the molecule is O=c1cc(-c2c[nH]c3ncc(-c4ccc(F)nc4)cc23)ccn1Cc1cccc(Cl)c1. The summed E-state index contributed by atoms with van der Waals surface area (Å²) in [4.78, 5) is 24.1. The van der Waals surface area contributed by atoms with Gasteiger partial charge in [-0.25, -0.2) is 9.97 Å². The molecule has 152 valence electrons. The van der Waals surface area contributed by atoms with Crippen LogP contribution in [0, 0.1) is 5.95 Å². The highest BCUT2D eigenvalue weighted by Crippen LogP contribution is 2.30. The molecule has 0 fully saturated rings. The molecule has 0 atom stereocenters. The van der Waals surface area contributed by atoms with Gasteiger partial charge in [-0.15, -0.1) is 0 Å². The quantitative estimate of drug-likeness (QED) is 0.394. The van der Waals surface area contributed by atoms with Crippen LogP contribution in [0.4, 0.5) is 4.39 Å². The standard InChI is InChI=1S/C24H16ClFN4O/c25-19-3-1-2-15(8-19)14-30-7-6-16(10-23(30)31)21-13-29-24-20(21)9-18(12-28-24)17-4-5-22(26)27-11-17/h1-13H,14H2,(H,28,29). The minimum atomic E-state index is -0.529. The third-order valence-electron chi connectivity index (χ3n) is 5.14. The molecule has 4 aromatic heterocycles. The number of hydrogen-bond acceptors (Lipinski definition) is 3. The van der Waals surface area contributed by atoms with E-state index in [0.29, 0.717) is 17.2 Å². The van der Waals surface area contributed by atoms with Crippen LogP contribution in [0.25, 0.3) is 33.3 Å². The van der Waals surface area contributed by atoms with Gasteiger partial charge >= 0.3 is 0 Å². The van der Waals surface area contributed by atoms with Crippen molar-refractivity contribution in [1.82, 2.24) is 19.5 Å². The molecule has 0 aliphatic heterocycles.